The number of alkyl halides is 5. The Bertz CT molecular complexity index is 1960. The molecule has 0 saturated carbocycles. The van der Waals surface area contributed by atoms with Gasteiger partial charge in [0.05, 0.1) is 34.3 Å². The van der Waals surface area contributed by atoms with Crippen LogP contribution in [-0.4, -0.2) is 73.2 Å². The second kappa shape index (κ2) is 14.5. The van der Waals surface area contributed by atoms with Gasteiger partial charge in [0, 0.05) is 38.2 Å². The SMILES string of the molecule is CCOC(=O)c1ccc2ncc(N3CCN(S(=O)(=O)c4ccc(OC(F)(F)F)cc4)C(C(=O)NCc4ccc(C(F)(F)CC)cc4)C3)nc2c1. The van der Waals surface area contributed by atoms with E-state index >= 15 is 0 Å². The molecule has 266 valence electrons. The van der Waals surface area contributed by atoms with Gasteiger partial charge in [-0.3, -0.25) is 9.78 Å². The first-order valence-corrected chi connectivity index (χ1v) is 16.9. The number of carbonyl (C=O) groups excluding carboxylic acids is 2. The summed E-state index contributed by atoms with van der Waals surface area (Å²) in [4.78, 5) is 36.3. The van der Waals surface area contributed by atoms with E-state index in [2.05, 4.69) is 20.0 Å². The van der Waals surface area contributed by atoms with Crippen molar-refractivity contribution >= 4 is 38.8 Å². The molecule has 0 spiro atoms. The van der Waals surface area contributed by atoms with Gasteiger partial charge >= 0.3 is 12.3 Å². The Morgan fingerprint density at radius 3 is 2.28 bits per heavy atom. The molecule has 1 aliphatic heterocycles. The van der Waals surface area contributed by atoms with Gasteiger partial charge in [-0.05, 0) is 55.0 Å². The third kappa shape index (κ3) is 8.27. The number of hydrogen-bond donors (Lipinski definition) is 1. The molecule has 1 aromatic heterocycles. The van der Waals surface area contributed by atoms with Crippen LogP contribution >= 0.6 is 0 Å². The summed E-state index contributed by atoms with van der Waals surface area (Å²) >= 11 is 0. The first-order valence-electron chi connectivity index (χ1n) is 15.4. The number of aromatic nitrogens is 2. The Morgan fingerprint density at radius 2 is 1.64 bits per heavy atom. The lowest BCUT2D eigenvalue weighted by Crippen LogP contribution is -2.60. The lowest BCUT2D eigenvalue weighted by atomic mass is 10.0. The largest absolute Gasteiger partial charge is 0.573 e. The van der Waals surface area contributed by atoms with E-state index in [4.69, 9.17) is 4.74 Å². The Hall–Kier alpha value is -4.90. The van der Waals surface area contributed by atoms with Crippen molar-refractivity contribution in [2.75, 3.05) is 31.1 Å². The van der Waals surface area contributed by atoms with E-state index in [1.807, 2.05) is 0 Å². The fourth-order valence-electron chi connectivity index (χ4n) is 5.30. The number of esters is 1. The highest BCUT2D eigenvalue weighted by atomic mass is 32.2. The molecule has 11 nitrogen and oxygen atoms in total. The molecule has 50 heavy (non-hydrogen) atoms. The van der Waals surface area contributed by atoms with Gasteiger partial charge in [-0.15, -0.1) is 13.2 Å². The van der Waals surface area contributed by atoms with Gasteiger partial charge in [0.1, 0.15) is 17.6 Å². The zero-order valence-corrected chi connectivity index (χ0v) is 27.6. The van der Waals surface area contributed by atoms with Crippen LogP contribution in [-0.2, 0) is 32.0 Å². The van der Waals surface area contributed by atoms with Gasteiger partial charge in [-0.1, -0.05) is 31.2 Å². The Kier molecular flexibility index (Phi) is 10.6. The van der Waals surface area contributed by atoms with Gasteiger partial charge < -0.3 is 19.7 Å². The van der Waals surface area contributed by atoms with E-state index in [9.17, 15) is 40.0 Å². The maximum atomic E-state index is 14.1. The summed E-state index contributed by atoms with van der Waals surface area (Å²) in [5, 5.41) is 2.67. The lowest BCUT2D eigenvalue weighted by Gasteiger charge is -2.40. The van der Waals surface area contributed by atoms with E-state index in [0.29, 0.717) is 16.6 Å². The highest BCUT2D eigenvalue weighted by Gasteiger charge is 2.41. The molecule has 1 N–H and O–H groups in total. The molecule has 17 heteroatoms. The summed E-state index contributed by atoms with van der Waals surface area (Å²) in [6.45, 7) is 2.69. The number of halogens is 5. The molecule has 4 aromatic rings. The summed E-state index contributed by atoms with van der Waals surface area (Å²) in [6.07, 6.45) is -3.93. The number of sulfonamides is 1. The Balaban J connectivity index is 1.42. The topological polar surface area (TPSA) is 131 Å². The van der Waals surface area contributed by atoms with Crippen LogP contribution in [0.2, 0.25) is 0 Å². The molecule has 1 saturated heterocycles. The molecule has 5 rings (SSSR count). The van der Waals surface area contributed by atoms with Crippen LogP contribution in [0.15, 0.2) is 77.8 Å². The lowest BCUT2D eigenvalue weighted by molar-refractivity contribution is -0.274. The van der Waals surface area contributed by atoms with Crippen molar-refractivity contribution in [3.05, 3.63) is 89.6 Å². The van der Waals surface area contributed by atoms with Crippen molar-refractivity contribution in [1.82, 2.24) is 19.6 Å². The van der Waals surface area contributed by atoms with Gasteiger partial charge in [-0.25, -0.2) is 27.0 Å². The third-order valence-corrected chi connectivity index (χ3v) is 9.87. The minimum Gasteiger partial charge on any atom is -0.462 e. The van der Waals surface area contributed by atoms with Gasteiger partial charge in [-0.2, -0.15) is 4.31 Å². The number of rotatable bonds is 11. The highest BCUT2D eigenvalue weighted by molar-refractivity contribution is 7.89. The van der Waals surface area contributed by atoms with E-state index in [0.717, 1.165) is 28.6 Å². The van der Waals surface area contributed by atoms with Gasteiger partial charge in [0.15, 0.2) is 0 Å². The average molecular weight is 722 g/mol. The number of amides is 1. The zero-order chi connectivity index (χ0) is 36.3. The van der Waals surface area contributed by atoms with E-state index in [-0.39, 0.29) is 54.6 Å². The predicted octanol–water partition coefficient (Wildman–Crippen LogP) is 5.40. The molecular weight excluding hydrogens is 689 g/mol. The van der Waals surface area contributed by atoms with Crippen molar-refractivity contribution in [3.63, 3.8) is 0 Å². The van der Waals surface area contributed by atoms with Crippen LogP contribution in [0.1, 0.15) is 41.8 Å². The number of piperazine rings is 1. The molecule has 1 fully saturated rings. The smallest absolute Gasteiger partial charge is 0.462 e. The molecule has 0 bridgehead atoms. The van der Waals surface area contributed by atoms with Crippen molar-refractivity contribution in [2.45, 2.75) is 50.0 Å². The Morgan fingerprint density at radius 1 is 0.940 bits per heavy atom. The van der Waals surface area contributed by atoms with Crippen LogP contribution in [0.5, 0.6) is 5.75 Å². The third-order valence-electron chi connectivity index (χ3n) is 7.95. The van der Waals surface area contributed by atoms with Crippen LogP contribution in [0.3, 0.4) is 0 Å². The molecule has 3 aromatic carbocycles. The van der Waals surface area contributed by atoms with E-state index in [1.54, 1.807) is 24.0 Å². The number of ether oxygens (including phenoxy) is 2. The van der Waals surface area contributed by atoms with Crippen LogP contribution in [0.4, 0.5) is 27.8 Å². The summed E-state index contributed by atoms with van der Waals surface area (Å²) in [5.41, 5.74) is 1.36. The summed E-state index contributed by atoms with van der Waals surface area (Å²) < 4.78 is 104. The summed E-state index contributed by atoms with van der Waals surface area (Å²) in [7, 11) is -4.45. The first kappa shape index (κ1) is 36.4. The number of fused-ring (bicyclic) bond motifs is 1. The summed E-state index contributed by atoms with van der Waals surface area (Å²) in [6, 6.07) is 12.2. The highest BCUT2D eigenvalue weighted by Crippen LogP contribution is 2.32. The van der Waals surface area contributed by atoms with Crippen molar-refractivity contribution in [3.8, 4) is 5.75 Å². The molecule has 2 heterocycles. The molecule has 1 amide bonds. The second-order valence-electron chi connectivity index (χ2n) is 11.2. The molecular formula is C33H32F5N5O6S. The standard InChI is InChI=1S/C33H32F5N5O6S/c1-3-32(34,35)23-8-5-21(6-9-23)18-40-30(44)28-20-42(29-19-39-26-14-7-22(17-27(26)41-29)31(45)48-4-2)15-16-43(28)50(46,47)25-12-10-24(11-13-25)49-33(36,37)38/h5-14,17,19,28H,3-4,15-16,18,20H2,1-2H3,(H,40,44). The number of nitrogens with zero attached hydrogens (tertiary/aromatic N) is 4. The van der Waals surface area contributed by atoms with Crippen LogP contribution < -0.4 is 15.0 Å². The zero-order valence-electron chi connectivity index (χ0n) is 26.8. The monoisotopic (exact) mass is 721 g/mol. The molecule has 1 unspecified atom stereocenters. The average Bonchev–Trinajstić information content (AvgIpc) is 3.09. The van der Waals surface area contributed by atoms with E-state index < -0.39 is 52.4 Å². The van der Waals surface area contributed by atoms with Crippen molar-refractivity contribution < 1.29 is 49.4 Å². The fourth-order valence-corrected chi connectivity index (χ4v) is 6.87. The number of hydrogen-bond acceptors (Lipinski definition) is 9. The number of benzene rings is 3. The normalized spacial score (nSPS) is 15.9. The molecule has 1 aliphatic rings. The first-order chi connectivity index (χ1) is 23.6. The minimum atomic E-state index is -4.98. The molecule has 0 radical (unpaired) electrons. The molecule has 0 aliphatic carbocycles. The Labute approximate surface area is 284 Å². The number of anilines is 1. The maximum absolute atomic E-state index is 14.1. The minimum absolute atomic E-state index is 0.0448. The number of carbonyl (C=O) groups is 2. The number of nitrogens with one attached hydrogen (secondary N) is 1. The van der Waals surface area contributed by atoms with Crippen LogP contribution in [0, 0.1) is 0 Å². The van der Waals surface area contributed by atoms with Gasteiger partial charge in [0.25, 0.3) is 5.92 Å². The van der Waals surface area contributed by atoms with Crippen LogP contribution in [0.25, 0.3) is 11.0 Å². The second-order valence-corrected chi connectivity index (χ2v) is 13.1. The fraction of sp³-hybridized carbons (Fsp3) is 0.333. The quantitative estimate of drug-likeness (QED) is 0.160. The summed E-state index contributed by atoms with van der Waals surface area (Å²) in [5.74, 6) is -4.64. The van der Waals surface area contributed by atoms with E-state index in [1.165, 1.54) is 43.5 Å². The van der Waals surface area contributed by atoms with Crippen molar-refractivity contribution in [1.29, 1.82) is 0 Å². The molecule has 1 atom stereocenters. The predicted molar refractivity (Wildman–Crippen MR) is 171 cm³/mol. The van der Waals surface area contributed by atoms with Crippen molar-refractivity contribution in [2.24, 2.45) is 0 Å². The maximum Gasteiger partial charge on any atom is 0.573 e. The van der Waals surface area contributed by atoms with Gasteiger partial charge in [0.2, 0.25) is 15.9 Å².